The normalized spacial score (nSPS) is 11.7. The van der Waals surface area contributed by atoms with Gasteiger partial charge in [0.15, 0.2) is 0 Å². The van der Waals surface area contributed by atoms with Crippen molar-refractivity contribution in [2.75, 3.05) is 6.54 Å². The number of hydrogen-bond donors (Lipinski definition) is 2. The molecule has 2 rings (SSSR count). The van der Waals surface area contributed by atoms with Crippen LogP contribution in [0.1, 0.15) is 16.1 Å². The van der Waals surface area contributed by atoms with E-state index in [4.69, 9.17) is 5.73 Å². The molecule has 0 aliphatic heterocycles. The van der Waals surface area contributed by atoms with E-state index >= 15 is 0 Å². The average Bonchev–Trinajstić information content (AvgIpc) is 2.83. The van der Waals surface area contributed by atoms with Gasteiger partial charge >= 0.3 is 0 Å². The Morgan fingerprint density at radius 3 is 2.55 bits per heavy atom. The first-order valence-electron chi connectivity index (χ1n) is 6.20. The number of hydrogen-bond acceptors (Lipinski definition) is 5. The fourth-order valence-corrected chi connectivity index (χ4v) is 3.55. The Hall–Kier alpha value is -1.28. The van der Waals surface area contributed by atoms with Crippen molar-refractivity contribution in [2.24, 2.45) is 5.73 Å². The summed E-state index contributed by atoms with van der Waals surface area (Å²) in [7, 11) is -3.49. The van der Waals surface area contributed by atoms with Crippen LogP contribution in [0.25, 0.3) is 0 Å². The molecule has 1 aromatic carbocycles. The van der Waals surface area contributed by atoms with Gasteiger partial charge in [0.1, 0.15) is 0 Å². The molecule has 0 saturated carbocycles. The lowest BCUT2D eigenvalue weighted by atomic mass is 10.2. The predicted octanol–water partition coefficient (Wildman–Crippen LogP) is 1.43. The van der Waals surface area contributed by atoms with E-state index in [1.807, 2.05) is 6.92 Å². The maximum Gasteiger partial charge on any atom is 0.240 e. The molecule has 0 spiro atoms. The van der Waals surface area contributed by atoms with Gasteiger partial charge in [-0.25, -0.2) is 18.1 Å². The number of thiazole rings is 1. The molecule has 20 heavy (non-hydrogen) atoms. The van der Waals surface area contributed by atoms with Crippen molar-refractivity contribution in [3.8, 4) is 0 Å². The molecule has 0 unspecified atom stereocenters. The predicted molar refractivity (Wildman–Crippen MR) is 80.1 cm³/mol. The molecule has 0 aliphatic carbocycles. The molecule has 0 amide bonds. The van der Waals surface area contributed by atoms with Gasteiger partial charge in [-0.1, -0.05) is 12.1 Å². The molecule has 0 bridgehead atoms. The maximum absolute atomic E-state index is 12.2. The largest absolute Gasteiger partial charge is 0.330 e. The average molecular weight is 311 g/mol. The molecule has 0 atom stereocenters. The number of aromatic nitrogens is 1. The van der Waals surface area contributed by atoms with E-state index in [1.165, 1.54) is 11.3 Å². The van der Waals surface area contributed by atoms with Crippen molar-refractivity contribution in [2.45, 2.75) is 24.8 Å². The monoisotopic (exact) mass is 311 g/mol. The molecule has 108 valence electrons. The van der Waals surface area contributed by atoms with Crippen LogP contribution in [-0.4, -0.2) is 19.9 Å². The first-order chi connectivity index (χ1) is 9.53. The quantitative estimate of drug-likeness (QED) is 0.845. The molecule has 5 nitrogen and oxygen atoms in total. The number of nitrogens with one attached hydrogen (secondary N) is 1. The molecule has 2 aromatic rings. The lowest BCUT2D eigenvalue weighted by Gasteiger charge is -2.07. The number of aryl methyl sites for hydroxylation is 1. The standard InChI is InChI=1S/C13H17N3O2S2/c1-10-13(19-9-15-10)8-16-20(17,18)12-4-2-11(3-5-12)6-7-14/h2-5,9,16H,6-8,14H2,1H3. The molecule has 0 radical (unpaired) electrons. The number of nitrogens with two attached hydrogens (primary N) is 1. The van der Waals surface area contributed by atoms with Crippen molar-refractivity contribution < 1.29 is 8.42 Å². The highest BCUT2D eigenvalue weighted by atomic mass is 32.2. The van der Waals surface area contributed by atoms with Gasteiger partial charge in [0.25, 0.3) is 0 Å². The number of nitrogens with zero attached hydrogens (tertiary/aromatic N) is 1. The van der Waals surface area contributed by atoms with Gasteiger partial charge in [-0.15, -0.1) is 11.3 Å². The Kier molecular flexibility index (Phi) is 4.87. The third-order valence-corrected chi connectivity index (χ3v) is 5.29. The van der Waals surface area contributed by atoms with Gasteiger partial charge in [0.05, 0.1) is 16.1 Å². The van der Waals surface area contributed by atoms with E-state index < -0.39 is 10.0 Å². The molecular formula is C13H17N3O2S2. The number of benzene rings is 1. The first kappa shape index (κ1) is 15.1. The zero-order valence-electron chi connectivity index (χ0n) is 11.2. The Balaban J connectivity index is 2.08. The molecular weight excluding hydrogens is 294 g/mol. The van der Waals surface area contributed by atoms with Crippen molar-refractivity contribution >= 4 is 21.4 Å². The summed E-state index contributed by atoms with van der Waals surface area (Å²) in [6.45, 7) is 2.68. The van der Waals surface area contributed by atoms with Crippen LogP contribution in [0.3, 0.4) is 0 Å². The Labute approximate surface area is 122 Å². The van der Waals surface area contributed by atoms with E-state index in [0.29, 0.717) is 6.54 Å². The van der Waals surface area contributed by atoms with Crippen molar-refractivity contribution in [1.82, 2.24) is 9.71 Å². The van der Waals surface area contributed by atoms with E-state index in [2.05, 4.69) is 9.71 Å². The second-order valence-corrected chi connectivity index (χ2v) is 7.07. The Morgan fingerprint density at radius 2 is 2.00 bits per heavy atom. The van der Waals surface area contributed by atoms with E-state index in [0.717, 1.165) is 22.6 Å². The maximum atomic E-state index is 12.2. The zero-order chi connectivity index (χ0) is 14.6. The Bertz CT molecular complexity index is 663. The zero-order valence-corrected chi connectivity index (χ0v) is 12.8. The Morgan fingerprint density at radius 1 is 1.30 bits per heavy atom. The third-order valence-electron chi connectivity index (χ3n) is 2.93. The fourth-order valence-electron chi connectivity index (χ4n) is 1.74. The lowest BCUT2D eigenvalue weighted by molar-refractivity contribution is 0.581. The van der Waals surface area contributed by atoms with Gasteiger partial charge in [-0.2, -0.15) is 0 Å². The van der Waals surface area contributed by atoms with Crippen molar-refractivity contribution in [1.29, 1.82) is 0 Å². The van der Waals surface area contributed by atoms with Crippen LogP contribution >= 0.6 is 11.3 Å². The summed E-state index contributed by atoms with van der Waals surface area (Å²) in [4.78, 5) is 5.28. The third kappa shape index (κ3) is 3.63. The smallest absolute Gasteiger partial charge is 0.240 e. The second kappa shape index (κ2) is 6.45. The minimum atomic E-state index is -3.49. The summed E-state index contributed by atoms with van der Waals surface area (Å²) in [5.41, 5.74) is 9.06. The molecule has 7 heteroatoms. The summed E-state index contributed by atoms with van der Waals surface area (Å²) in [5.74, 6) is 0. The molecule has 0 fully saturated rings. The fraction of sp³-hybridized carbons (Fsp3) is 0.308. The van der Waals surface area contributed by atoms with E-state index in [1.54, 1.807) is 29.8 Å². The van der Waals surface area contributed by atoms with Crippen LogP contribution in [0.4, 0.5) is 0 Å². The highest BCUT2D eigenvalue weighted by Gasteiger charge is 2.14. The van der Waals surface area contributed by atoms with Crippen molar-refractivity contribution in [3.63, 3.8) is 0 Å². The second-order valence-electron chi connectivity index (χ2n) is 4.37. The summed E-state index contributed by atoms with van der Waals surface area (Å²) in [6.07, 6.45) is 0.744. The summed E-state index contributed by atoms with van der Waals surface area (Å²) in [5, 5.41) is 0. The van der Waals surface area contributed by atoms with E-state index in [-0.39, 0.29) is 11.4 Å². The van der Waals surface area contributed by atoms with E-state index in [9.17, 15) is 8.42 Å². The minimum absolute atomic E-state index is 0.264. The van der Waals surface area contributed by atoms with Crippen LogP contribution in [0.2, 0.25) is 0 Å². The highest BCUT2D eigenvalue weighted by Crippen LogP contribution is 2.15. The van der Waals surface area contributed by atoms with Crippen LogP contribution in [-0.2, 0) is 23.0 Å². The SMILES string of the molecule is Cc1ncsc1CNS(=O)(=O)c1ccc(CCN)cc1. The van der Waals surface area contributed by atoms with Gasteiger partial charge in [-0.05, 0) is 37.6 Å². The van der Waals surface area contributed by atoms with Gasteiger partial charge in [-0.3, -0.25) is 0 Å². The highest BCUT2D eigenvalue weighted by molar-refractivity contribution is 7.89. The van der Waals surface area contributed by atoms with Crippen molar-refractivity contribution in [3.05, 3.63) is 45.9 Å². The van der Waals surface area contributed by atoms with Crippen LogP contribution in [0, 0.1) is 6.92 Å². The van der Waals surface area contributed by atoms with Gasteiger partial charge in [0, 0.05) is 11.4 Å². The van der Waals surface area contributed by atoms with Crippen LogP contribution < -0.4 is 10.5 Å². The van der Waals surface area contributed by atoms with Crippen LogP contribution in [0.5, 0.6) is 0 Å². The summed E-state index contributed by atoms with van der Waals surface area (Å²) < 4.78 is 26.9. The van der Waals surface area contributed by atoms with Gasteiger partial charge < -0.3 is 5.73 Å². The minimum Gasteiger partial charge on any atom is -0.330 e. The molecule has 1 aromatic heterocycles. The number of sulfonamides is 1. The molecule has 1 heterocycles. The lowest BCUT2D eigenvalue weighted by Crippen LogP contribution is -2.23. The summed E-state index contributed by atoms with van der Waals surface area (Å²) in [6, 6.07) is 6.79. The molecule has 0 saturated heterocycles. The number of rotatable bonds is 6. The van der Waals surface area contributed by atoms with Crippen LogP contribution in [0.15, 0.2) is 34.7 Å². The molecule has 0 aliphatic rings. The molecule has 3 N–H and O–H groups in total. The van der Waals surface area contributed by atoms with Gasteiger partial charge in [0.2, 0.25) is 10.0 Å². The topological polar surface area (TPSA) is 85.1 Å². The first-order valence-corrected chi connectivity index (χ1v) is 8.57. The summed E-state index contributed by atoms with van der Waals surface area (Å²) >= 11 is 1.44.